The third kappa shape index (κ3) is 6.69. The zero-order chi connectivity index (χ0) is 23.6. The predicted octanol–water partition coefficient (Wildman–Crippen LogP) is 5.05. The SMILES string of the molecule is CC(=O)N(Cc1cc(C(F)(F)F)ccc1-c1cc(CC(=O)O)ccc1F)CC(F)(F)F. The molecule has 0 fully saturated rings. The second-order valence-corrected chi connectivity index (χ2v) is 6.74. The Balaban J connectivity index is 2.63. The van der Waals surface area contributed by atoms with E-state index in [0.717, 1.165) is 25.1 Å². The van der Waals surface area contributed by atoms with Crippen LogP contribution in [0.25, 0.3) is 11.1 Å². The maximum atomic E-state index is 14.4. The Hall–Kier alpha value is -3.11. The van der Waals surface area contributed by atoms with Gasteiger partial charge in [0.25, 0.3) is 0 Å². The van der Waals surface area contributed by atoms with E-state index < -0.39 is 55.1 Å². The number of alkyl halides is 6. The molecule has 0 aliphatic rings. The molecule has 0 unspecified atom stereocenters. The van der Waals surface area contributed by atoms with Gasteiger partial charge in [-0.1, -0.05) is 12.1 Å². The van der Waals surface area contributed by atoms with E-state index in [1.54, 1.807) is 0 Å². The highest BCUT2D eigenvalue weighted by atomic mass is 19.4. The average Bonchev–Trinajstić information content (AvgIpc) is 2.60. The minimum absolute atomic E-state index is 0.133. The van der Waals surface area contributed by atoms with Crippen LogP contribution < -0.4 is 0 Å². The lowest BCUT2D eigenvalue weighted by Crippen LogP contribution is -2.37. The molecule has 2 aromatic rings. The van der Waals surface area contributed by atoms with Gasteiger partial charge in [-0.15, -0.1) is 0 Å². The lowest BCUT2D eigenvalue weighted by molar-refractivity contribution is -0.161. The summed E-state index contributed by atoms with van der Waals surface area (Å²) >= 11 is 0. The van der Waals surface area contributed by atoms with Crippen LogP contribution in [0.15, 0.2) is 36.4 Å². The van der Waals surface area contributed by atoms with E-state index in [4.69, 9.17) is 5.11 Å². The van der Waals surface area contributed by atoms with E-state index in [1.807, 2.05) is 0 Å². The Labute approximate surface area is 171 Å². The number of aliphatic carboxylic acids is 1. The van der Waals surface area contributed by atoms with Gasteiger partial charge in [0.05, 0.1) is 12.0 Å². The Morgan fingerprint density at radius 3 is 2.13 bits per heavy atom. The molecular weight excluding hydrogens is 435 g/mol. The van der Waals surface area contributed by atoms with E-state index in [2.05, 4.69) is 0 Å². The summed E-state index contributed by atoms with van der Waals surface area (Å²) in [5, 5.41) is 8.90. The van der Waals surface area contributed by atoms with E-state index in [-0.39, 0.29) is 27.2 Å². The molecule has 2 rings (SSSR count). The summed E-state index contributed by atoms with van der Waals surface area (Å²) in [4.78, 5) is 22.9. The number of carbonyl (C=O) groups excluding carboxylic acids is 1. The molecule has 0 spiro atoms. The van der Waals surface area contributed by atoms with Crippen molar-refractivity contribution in [2.45, 2.75) is 32.2 Å². The molecule has 0 radical (unpaired) electrons. The van der Waals surface area contributed by atoms with Crippen LogP contribution in [0.1, 0.15) is 23.6 Å². The van der Waals surface area contributed by atoms with Crippen LogP contribution in [-0.2, 0) is 28.7 Å². The van der Waals surface area contributed by atoms with Crippen molar-refractivity contribution in [1.82, 2.24) is 4.90 Å². The first-order chi connectivity index (χ1) is 14.2. The molecule has 0 saturated heterocycles. The largest absolute Gasteiger partial charge is 0.481 e. The van der Waals surface area contributed by atoms with Crippen LogP contribution in [0.3, 0.4) is 0 Å². The van der Waals surface area contributed by atoms with Crippen molar-refractivity contribution in [2.24, 2.45) is 0 Å². The third-order valence-corrected chi connectivity index (χ3v) is 4.29. The van der Waals surface area contributed by atoms with Gasteiger partial charge >= 0.3 is 18.3 Å². The minimum Gasteiger partial charge on any atom is -0.481 e. The highest BCUT2D eigenvalue weighted by Gasteiger charge is 2.34. The summed E-state index contributed by atoms with van der Waals surface area (Å²) in [6.45, 7) is -1.75. The van der Waals surface area contributed by atoms with Crippen molar-refractivity contribution >= 4 is 11.9 Å². The molecule has 0 aliphatic carbocycles. The number of amides is 1. The highest BCUT2D eigenvalue weighted by molar-refractivity contribution is 5.76. The van der Waals surface area contributed by atoms with Crippen LogP contribution in [0.2, 0.25) is 0 Å². The molecule has 168 valence electrons. The monoisotopic (exact) mass is 451 g/mol. The smallest absolute Gasteiger partial charge is 0.416 e. The van der Waals surface area contributed by atoms with Crippen LogP contribution in [-0.4, -0.2) is 34.6 Å². The van der Waals surface area contributed by atoms with Crippen LogP contribution in [0.5, 0.6) is 0 Å². The number of halogens is 7. The lowest BCUT2D eigenvalue weighted by Gasteiger charge is -2.24. The molecule has 1 amide bonds. The number of hydrogen-bond acceptors (Lipinski definition) is 2. The summed E-state index contributed by atoms with van der Waals surface area (Å²) < 4.78 is 92.3. The van der Waals surface area contributed by atoms with Gasteiger partial charge in [-0.2, -0.15) is 26.3 Å². The number of carboxylic acids is 1. The number of carbonyl (C=O) groups is 2. The molecule has 0 atom stereocenters. The van der Waals surface area contributed by atoms with Crippen LogP contribution in [0, 0.1) is 5.82 Å². The second-order valence-electron chi connectivity index (χ2n) is 6.74. The van der Waals surface area contributed by atoms with Gasteiger partial charge in [-0.3, -0.25) is 9.59 Å². The van der Waals surface area contributed by atoms with Crippen LogP contribution in [0.4, 0.5) is 30.7 Å². The van der Waals surface area contributed by atoms with Gasteiger partial charge in [0.2, 0.25) is 5.91 Å². The molecule has 31 heavy (non-hydrogen) atoms. The van der Waals surface area contributed by atoms with E-state index in [0.29, 0.717) is 12.1 Å². The molecule has 0 bridgehead atoms. The first kappa shape index (κ1) is 24.2. The first-order valence-electron chi connectivity index (χ1n) is 8.70. The van der Waals surface area contributed by atoms with Gasteiger partial charge in [0.1, 0.15) is 12.4 Å². The van der Waals surface area contributed by atoms with E-state index in [9.17, 15) is 40.3 Å². The quantitative estimate of drug-likeness (QED) is 0.626. The number of carboxylic acid groups (broad SMARTS) is 1. The van der Waals surface area contributed by atoms with Crippen molar-refractivity contribution in [3.05, 3.63) is 58.9 Å². The standard InChI is InChI=1S/C20H16F7NO3/c1-11(29)28(10-19(22,23)24)9-13-8-14(20(25,26)27)3-4-15(13)16-6-12(7-18(30)31)2-5-17(16)21/h2-6,8H,7,9-10H2,1H3,(H,30,31). The maximum Gasteiger partial charge on any atom is 0.416 e. The fourth-order valence-electron chi connectivity index (χ4n) is 2.93. The summed E-state index contributed by atoms with van der Waals surface area (Å²) in [5.74, 6) is -3.20. The summed E-state index contributed by atoms with van der Waals surface area (Å²) in [5.41, 5.74) is -1.91. The summed E-state index contributed by atoms with van der Waals surface area (Å²) in [6.07, 6.45) is -10.1. The number of hydrogen-bond donors (Lipinski definition) is 1. The Kier molecular flexibility index (Phi) is 6.97. The Morgan fingerprint density at radius 1 is 0.968 bits per heavy atom. The van der Waals surface area contributed by atoms with Gasteiger partial charge in [0.15, 0.2) is 0 Å². The molecule has 11 heteroatoms. The number of rotatable bonds is 6. The summed E-state index contributed by atoms with van der Waals surface area (Å²) in [7, 11) is 0. The minimum atomic E-state index is -4.83. The van der Waals surface area contributed by atoms with Crippen LogP contribution >= 0.6 is 0 Å². The zero-order valence-corrected chi connectivity index (χ0v) is 15.9. The molecule has 1 N–H and O–H groups in total. The van der Waals surface area contributed by atoms with Crippen molar-refractivity contribution in [1.29, 1.82) is 0 Å². The predicted molar refractivity (Wildman–Crippen MR) is 95.3 cm³/mol. The van der Waals surface area contributed by atoms with Crippen molar-refractivity contribution in [3.63, 3.8) is 0 Å². The van der Waals surface area contributed by atoms with Gasteiger partial charge in [-0.25, -0.2) is 4.39 Å². The summed E-state index contributed by atoms with van der Waals surface area (Å²) in [6, 6.07) is 5.23. The normalized spacial score (nSPS) is 12.0. The Morgan fingerprint density at radius 2 is 1.61 bits per heavy atom. The lowest BCUT2D eigenvalue weighted by atomic mass is 9.94. The second kappa shape index (κ2) is 8.94. The number of benzene rings is 2. The molecular formula is C20H16F7NO3. The maximum absolute atomic E-state index is 14.4. The topological polar surface area (TPSA) is 57.6 Å². The average molecular weight is 451 g/mol. The van der Waals surface area contributed by atoms with Gasteiger partial charge in [-0.05, 0) is 41.0 Å². The van der Waals surface area contributed by atoms with E-state index in [1.165, 1.54) is 6.07 Å². The van der Waals surface area contributed by atoms with Gasteiger partial charge < -0.3 is 10.0 Å². The van der Waals surface area contributed by atoms with Crippen molar-refractivity contribution < 1.29 is 45.4 Å². The fourth-order valence-corrected chi connectivity index (χ4v) is 2.93. The molecule has 0 aromatic heterocycles. The molecule has 0 saturated carbocycles. The molecule has 0 heterocycles. The Bertz CT molecular complexity index is 984. The van der Waals surface area contributed by atoms with Gasteiger partial charge in [0, 0.05) is 19.0 Å². The first-order valence-corrected chi connectivity index (χ1v) is 8.70. The highest BCUT2D eigenvalue weighted by Crippen LogP contribution is 2.35. The third-order valence-electron chi connectivity index (χ3n) is 4.29. The van der Waals surface area contributed by atoms with Crippen molar-refractivity contribution in [2.75, 3.05) is 6.54 Å². The van der Waals surface area contributed by atoms with E-state index >= 15 is 0 Å². The van der Waals surface area contributed by atoms with Crippen molar-refractivity contribution in [3.8, 4) is 11.1 Å². The zero-order valence-electron chi connectivity index (χ0n) is 15.9. The molecule has 0 aliphatic heterocycles. The number of nitrogens with zero attached hydrogens (tertiary/aromatic N) is 1. The molecule has 4 nitrogen and oxygen atoms in total. The molecule has 2 aromatic carbocycles. The fraction of sp³-hybridized carbons (Fsp3) is 0.300.